The molecule has 2 aromatic carbocycles. The van der Waals surface area contributed by atoms with Gasteiger partial charge in [-0.05, 0) is 42.8 Å². The Morgan fingerprint density at radius 2 is 1.77 bits per heavy atom. The maximum absolute atomic E-state index is 12.1. The van der Waals surface area contributed by atoms with E-state index in [4.69, 9.17) is 4.74 Å². The minimum absolute atomic E-state index is 0.0553. The quantitative estimate of drug-likeness (QED) is 0.692. The van der Waals surface area contributed by atoms with Crippen LogP contribution in [0.15, 0.2) is 54.1 Å². The van der Waals surface area contributed by atoms with E-state index in [9.17, 15) is 10.1 Å². The van der Waals surface area contributed by atoms with Crippen LogP contribution in [-0.2, 0) is 4.79 Å². The third kappa shape index (κ3) is 3.97. The van der Waals surface area contributed by atoms with Gasteiger partial charge in [-0.15, -0.1) is 0 Å². The number of hydrogen-bond acceptors (Lipinski definition) is 3. The zero-order valence-corrected chi connectivity index (χ0v) is 12.5. The van der Waals surface area contributed by atoms with Crippen LogP contribution >= 0.6 is 0 Å². The van der Waals surface area contributed by atoms with Crippen molar-refractivity contribution in [2.24, 2.45) is 0 Å². The number of carbonyl (C=O) groups excluding carboxylic acids is 1. The van der Waals surface area contributed by atoms with Gasteiger partial charge < -0.3 is 10.1 Å². The first-order valence-electron chi connectivity index (χ1n) is 6.76. The molecule has 4 nitrogen and oxygen atoms in total. The number of nitrogens with zero attached hydrogens (tertiary/aromatic N) is 1. The van der Waals surface area contributed by atoms with Crippen LogP contribution in [0.2, 0.25) is 0 Å². The highest BCUT2D eigenvalue weighted by Crippen LogP contribution is 2.16. The first kappa shape index (κ1) is 15.3. The molecule has 0 aliphatic rings. The number of anilines is 1. The molecule has 0 aliphatic carbocycles. The molecule has 2 rings (SSSR count). The molecule has 2 aromatic rings. The number of carbonyl (C=O) groups is 1. The van der Waals surface area contributed by atoms with Crippen molar-refractivity contribution in [1.82, 2.24) is 0 Å². The van der Waals surface area contributed by atoms with Gasteiger partial charge >= 0.3 is 0 Å². The topological polar surface area (TPSA) is 62.1 Å². The van der Waals surface area contributed by atoms with E-state index in [1.165, 1.54) is 0 Å². The second-order valence-corrected chi connectivity index (χ2v) is 4.76. The fourth-order valence-electron chi connectivity index (χ4n) is 1.85. The van der Waals surface area contributed by atoms with E-state index in [0.29, 0.717) is 11.4 Å². The fourth-order valence-corrected chi connectivity index (χ4v) is 1.85. The normalized spacial score (nSPS) is 10.7. The lowest BCUT2D eigenvalue weighted by molar-refractivity contribution is -0.112. The Balaban J connectivity index is 2.14. The summed E-state index contributed by atoms with van der Waals surface area (Å²) in [6, 6.07) is 16.5. The predicted octanol–water partition coefficient (Wildman–Crippen LogP) is 3.55. The van der Waals surface area contributed by atoms with Gasteiger partial charge in [0.25, 0.3) is 5.91 Å². The van der Waals surface area contributed by atoms with Crippen LogP contribution in [0.5, 0.6) is 5.75 Å². The van der Waals surface area contributed by atoms with Crippen LogP contribution < -0.4 is 10.1 Å². The largest absolute Gasteiger partial charge is 0.497 e. The molecule has 0 atom stereocenters. The number of amides is 1. The maximum Gasteiger partial charge on any atom is 0.266 e. The van der Waals surface area contributed by atoms with Gasteiger partial charge in [-0.3, -0.25) is 4.79 Å². The predicted molar refractivity (Wildman–Crippen MR) is 86.4 cm³/mol. The highest BCUT2D eigenvalue weighted by Gasteiger charge is 2.09. The standard InChI is InChI=1S/C18H16N2O2/c1-13-3-5-14(6-4-13)11-15(12-19)18(21)20-16-7-9-17(22-2)10-8-16/h3-11H,1-2H3,(H,20,21)/b15-11+. The third-order valence-electron chi connectivity index (χ3n) is 3.10. The van der Waals surface area contributed by atoms with E-state index in [0.717, 1.165) is 11.1 Å². The molecule has 0 aliphatic heterocycles. The van der Waals surface area contributed by atoms with Gasteiger partial charge in [0, 0.05) is 5.69 Å². The molecule has 22 heavy (non-hydrogen) atoms. The van der Waals surface area contributed by atoms with Crippen LogP contribution in [0.4, 0.5) is 5.69 Å². The van der Waals surface area contributed by atoms with Gasteiger partial charge in [0.05, 0.1) is 7.11 Å². The van der Waals surface area contributed by atoms with Crippen LogP contribution in [0, 0.1) is 18.3 Å². The summed E-state index contributed by atoms with van der Waals surface area (Å²) in [6.07, 6.45) is 1.57. The van der Waals surface area contributed by atoms with E-state index in [-0.39, 0.29) is 5.57 Å². The van der Waals surface area contributed by atoms with Crippen molar-refractivity contribution >= 4 is 17.7 Å². The highest BCUT2D eigenvalue weighted by atomic mass is 16.5. The van der Waals surface area contributed by atoms with Crippen molar-refractivity contribution in [3.05, 3.63) is 65.2 Å². The van der Waals surface area contributed by atoms with E-state index >= 15 is 0 Å². The number of aryl methyl sites for hydroxylation is 1. The van der Waals surface area contributed by atoms with Gasteiger partial charge in [0.2, 0.25) is 0 Å². The zero-order chi connectivity index (χ0) is 15.9. The summed E-state index contributed by atoms with van der Waals surface area (Å²) in [5.41, 5.74) is 2.60. The Morgan fingerprint density at radius 1 is 1.14 bits per heavy atom. The molecule has 0 radical (unpaired) electrons. The van der Waals surface area contributed by atoms with Gasteiger partial charge in [0.15, 0.2) is 0 Å². The summed E-state index contributed by atoms with van der Waals surface area (Å²) in [7, 11) is 1.58. The summed E-state index contributed by atoms with van der Waals surface area (Å²) in [6.45, 7) is 1.98. The molecule has 0 aromatic heterocycles. The summed E-state index contributed by atoms with van der Waals surface area (Å²) in [4.78, 5) is 12.1. The van der Waals surface area contributed by atoms with Crippen LogP contribution in [0.3, 0.4) is 0 Å². The molecule has 0 heterocycles. The SMILES string of the molecule is COc1ccc(NC(=O)/C(C#N)=C/c2ccc(C)cc2)cc1. The summed E-state index contributed by atoms with van der Waals surface area (Å²) < 4.78 is 5.05. The maximum atomic E-state index is 12.1. The average molecular weight is 292 g/mol. The van der Waals surface area contributed by atoms with Crippen molar-refractivity contribution in [2.75, 3.05) is 12.4 Å². The molecule has 0 saturated carbocycles. The first-order chi connectivity index (χ1) is 10.6. The summed E-state index contributed by atoms with van der Waals surface area (Å²) in [5, 5.41) is 11.9. The molecule has 1 amide bonds. The molecule has 4 heteroatoms. The monoisotopic (exact) mass is 292 g/mol. The smallest absolute Gasteiger partial charge is 0.266 e. The van der Waals surface area contributed by atoms with Crippen LogP contribution in [0.1, 0.15) is 11.1 Å². The van der Waals surface area contributed by atoms with Gasteiger partial charge in [-0.1, -0.05) is 29.8 Å². The number of benzene rings is 2. The van der Waals surface area contributed by atoms with Crippen molar-refractivity contribution in [1.29, 1.82) is 5.26 Å². The molecular formula is C18H16N2O2. The lowest BCUT2D eigenvalue weighted by Crippen LogP contribution is -2.13. The van der Waals surface area contributed by atoms with Crippen LogP contribution in [-0.4, -0.2) is 13.0 Å². The molecule has 0 spiro atoms. The second kappa shape index (κ2) is 7.09. The fraction of sp³-hybridized carbons (Fsp3) is 0.111. The number of ether oxygens (including phenoxy) is 1. The molecule has 1 N–H and O–H groups in total. The van der Waals surface area contributed by atoms with Crippen LogP contribution in [0.25, 0.3) is 6.08 Å². The Hall–Kier alpha value is -3.06. The van der Waals surface area contributed by atoms with Gasteiger partial charge in [-0.25, -0.2) is 0 Å². The Bertz CT molecular complexity index is 723. The van der Waals surface area contributed by atoms with Crippen molar-refractivity contribution in [3.63, 3.8) is 0 Å². The van der Waals surface area contributed by atoms with E-state index in [2.05, 4.69) is 5.32 Å². The number of hydrogen-bond donors (Lipinski definition) is 1. The molecule has 110 valence electrons. The Morgan fingerprint density at radius 3 is 2.32 bits per heavy atom. The number of methoxy groups -OCH3 is 1. The summed E-state index contributed by atoms with van der Waals surface area (Å²) in [5.74, 6) is 0.266. The van der Waals surface area contributed by atoms with E-state index in [1.54, 1.807) is 37.5 Å². The Kier molecular flexibility index (Phi) is 4.94. The van der Waals surface area contributed by atoms with Crippen molar-refractivity contribution in [2.45, 2.75) is 6.92 Å². The van der Waals surface area contributed by atoms with Crippen molar-refractivity contribution < 1.29 is 9.53 Å². The number of nitrogens with one attached hydrogen (secondary N) is 1. The average Bonchev–Trinajstić information content (AvgIpc) is 2.55. The molecular weight excluding hydrogens is 276 g/mol. The number of rotatable bonds is 4. The Labute approximate surface area is 129 Å². The first-order valence-corrected chi connectivity index (χ1v) is 6.76. The highest BCUT2D eigenvalue weighted by molar-refractivity contribution is 6.09. The van der Waals surface area contributed by atoms with E-state index < -0.39 is 5.91 Å². The van der Waals surface area contributed by atoms with E-state index in [1.807, 2.05) is 37.3 Å². The zero-order valence-electron chi connectivity index (χ0n) is 12.5. The van der Waals surface area contributed by atoms with Gasteiger partial charge in [-0.2, -0.15) is 5.26 Å². The summed E-state index contributed by atoms with van der Waals surface area (Å²) >= 11 is 0. The third-order valence-corrected chi connectivity index (χ3v) is 3.10. The van der Waals surface area contributed by atoms with Gasteiger partial charge in [0.1, 0.15) is 17.4 Å². The molecule has 0 bridgehead atoms. The minimum atomic E-state index is -0.437. The molecule has 0 saturated heterocycles. The number of nitriles is 1. The van der Waals surface area contributed by atoms with Crippen molar-refractivity contribution in [3.8, 4) is 11.8 Å². The minimum Gasteiger partial charge on any atom is -0.497 e. The lowest BCUT2D eigenvalue weighted by Gasteiger charge is -2.05. The molecule has 0 fully saturated rings. The second-order valence-electron chi connectivity index (χ2n) is 4.76. The molecule has 0 unspecified atom stereocenters. The lowest BCUT2D eigenvalue weighted by atomic mass is 10.1.